The largest absolute Gasteiger partial charge is 0.458 e. The fourth-order valence-electron chi connectivity index (χ4n) is 1.75. The summed E-state index contributed by atoms with van der Waals surface area (Å²) in [4.78, 5) is 24.8. The first-order chi connectivity index (χ1) is 6.85. The predicted octanol–water partition coefficient (Wildman–Crippen LogP) is 1.34. The van der Waals surface area contributed by atoms with Gasteiger partial charge in [-0.3, -0.25) is 4.79 Å². The number of nitrogens with zero attached hydrogens (tertiary/aromatic N) is 1. The summed E-state index contributed by atoms with van der Waals surface area (Å²) in [7, 11) is 0. The Labute approximate surface area is 90.6 Å². The van der Waals surface area contributed by atoms with Crippen LogP contribution in [0.15, 0.2) is 0 Å². The van der Waals surface area contributed by atoms with Gasteiger partial charge in [0.1, 0.15) is 11.6 Å². The first-order valence-corrected chi connectivity index (χ1v) is 5.37. The highest BCUT2D eigenvalue weighted by Crippen LogP contribution is 2.21. The van der Waals surface area contributed by atoms with Crippen molar-refractivity contribution in [3.8, 4) is 0 Å². The second-order valence-electron chi connectivity index (χ2n) is 4.77. The van der Waals surface area contributed by atoms with Crippen molar-refractivity contribution < 1.29 is 14.3 Å². The Morgan fingerprint density at radius 3 is 2.60 bits per heavy atom. The molecule has 1 fully saturated rings. The molecule has 1 atom stereocenters. The number of ether oxygens (including phenoxy) is 1. The topological polar surface area (TPSA) is 46.6 Å². The summed E-state index contributed by atoms with van der Waals surface area (Å²) in [5.74, 6) is -0.233. The average molecular weight is 213 g/mol. The van der Waals surface area contributed by atoms with E-state index in [-0.39, 0.29) is 17.9 Å². The van der Waals surface area contributed by atoms with Crippen molar-refractivity contribution in [2.75, 3.05) is 6.54 Å². The van der Waals surface area contributed by atoms with E-state index in [0.29, 0.717) is 19.4 Å². The summed E-state index contributed by atoms with van der Waals surface area (Å²) in [6.07, 6.45) is 1.04. The smallest absolute Gasteiger partial charge is 0.329 e. The highest BCUT2D eigenvalue weighted by atomic mass is 16.6. The molecular weight excluding hydrogens is 194 g/mol. The van der Waals surface area contributed by atoms with Gasteiger partial charge in [0.25, 0.3) is 0 Å². The Morgan fingerprint density at radius 1 is 1.53 bits per heavy atom. The third-order valence-electron chi connectivity index (χ3n) is 2.35. The van der Waals surface area contributed by atoms with Crippen molar-refractivity contribution in [1.82, 2.24) is 4.90 Å². The highest BCUT2D eigenvalue weighted by molar-refractivity contribution is 5.88. The lowest BCUT2D eigenvalue weighted by atomic mass is 10.1. The molecule has 0 saturated carbocycles. The molecule has 4 heteroatoms. The molecule has 1 saturated heterocycles. The fourth-order valence-corrected chi connectivity index (χ4v) is 1.75. The number of hydrogen-bond donors (Lipinski definition) is 0. The Hall–Kier alpha value is -1.06. The van der Waals surface area contributed by atoms with Gasteiger partial charge in [0.05, 0.1) is 0 Å². The standard InChI is InChI=1S/C11H19NO3/c1-5-12-8(6-7-9(12)13)10(14)15-11(2,3)4/h8H,5-7H2,1-4H3/t8-/m0/s1. The zero-order valence-corrected chi connectivity index (χ0v) is 9.87. The van der Waals surface area contributed by atoms with E-state index in [9.17, 15) is 9.59 Å². The summed E-state index contributed by atoms with van der Waals surface area (Å²) in [6, 6.07) is -0.373. The van der Waals surface area contributed by atoms with Crippen molar-refractivity contribution in [1.29, 1.82) is 0 Å². The fraction of sp³-hybridized carbons (Fsp3) is 0.818. The van der Waals surface area contributed by atoms with Crippen LogP contribution in [-0.2, 0) is 14.3 Å². The zero-order chi connectivity index (χ0) is 11.6. The van der Waals surface area contributed by atoms with Crippen LogP contribution >= 0.6 is 0 Å². The van der Waals surface area contributed by atoms with E-state index >= 15 is 0 Å². The van der Waals surface area contributed by atoms with Gasteiger partial charge in [-0.05, 0) is 34.1 Å². The lowest BCUT2D eigenvalue weighted by molar-refractivity contribution is -0.162. The van der Waals surface area contributed by atoms with Crippen LogP contribution in [0.2, 0.25) is 0 Å². The van der Waals surface area contributed by atoms with Gasteiger partial charge < -0.3 is 9.64 Å². The van der Waals surface area contributed by atoms with Crippen molar-refractivity contribution >= 4 is 11.9 Å². The van der Waals surface area contributed by atoms with Gasteiger partial charge >= 0.3 is 5.97 Å². The van der Waals surface area contributed by atoms with Gasteiger partial charge in [-0.1, -0.05) is 0 Å². The molecule has 0 aromatic rings. The van der Waals surface area contributed by atoms with E-state index in [1.807, 2.05) is 27.7 Å². The summed E-state index contributed by atoms with van der Waals surface area (Å²) in [6.45, 7) is 7.94. The van der Waals surface area contributed by atoms with Crippen LogP contribution in [0, 0.1) is 0 Å². The van der Waals surface area contributed by atoms with Crippen LogP contribution in [-0.4, -0.2) is 35.0 Å². The van der Waals surface area contributed by atoms with Crippen LogP contribution in [0.5, 0.6) is 0 Å². The minimum Gasteiger partial charge on any atom is -0.458 e. The second-order valence-corrected chi connectivity index (χ2v) is 4.77. The lowest BCUT2D eigenvalue weighted by Gasteiger charge is -2.26. The van der Waals surface area contributed by atoms with Crippen molar-refractivity contribution in [2.24, 2.45) is 0 Å². The van der Waals surface area contributed by atoms with Gasteiger partial charge in [-0.25, -0.2) is 4.79 Å². The molecule has 1 heterocycles. The van der Waals surface area contributed by atoms with Crippen molar-refractivity contribution in [3.05, 3.63) is 0 Å². The normalized spacial score (nSPS) is 22.0. The molecule has 1 aliphatic heterocycles. The number of esters is 1. The first-order valence-electron chi connectivity index (χ1n) is 5.37. The lowest BCUT2D eigenvalue weighted by Crippen LogP contribution is -2.41. The van der Waals surface area contributed by atoms with Gasteiger partial charge in [-0.2, -0.15) is 0 Å². The molecule has 1 rings (SSSR count). The minimum atomic E-state index is -0.484. The van der Waals surface area contributed by atoms with E-state index in [1.54, 1.807) is 4.90 Å². The molecule has 0 N–H and O–H groups in total. The van der Waals surface area contributed by atoms with Gasteiger partial charge in [0.15, 0.2) is 0 Å². The molecular formula is C11H19NO3. The maximum atomic E-state index is 11.8. The molecule has 0 aliphatic carbocycles. The van der Waals surface area contributed by atoms with Crippen LogP contribution in [0.4, 0.5) is 0 Å². The maximum Gasteiger partial charge on any atom is 0.329 e. The van der Waals surface area contributed by atoms with E-state index in [4.69, 9.17) is 4.74 Å². The van der Waals surface area contributed by atoms with E-state index in [0.717, 1.165) is 0 Å². The van der Waals surface area contributed by atoms with Crippen LogP contribution in [0.25, 0.3) is 0 Å². The quantitative estimate of drug-likeness (QED) is 0.650. The number of carbonyl (C=O) groups excluding carboxylic acids is 2. The van der Waals surface area contributed by atoms with Gasteiger partial charge in [-0.15, -0.1) is 0 Å². The molecule has 0 bridgehead atoms. The molecule has 86 valence electrons. The summed E-state index contributed by atoms with van der Waals surface area (Å²) >= 11 is 0. The zero-order valence-electron chi connectivity index (χ0n) is 9.87. The number of rotatable bonds is 2. The summed E-state index contributed by atoms with van der Waals surface area (Å²) < 4.78 is 5.27. The van der Waals surface area contributed by atoms with Crippen molar-refractivity contribution in [2.45, 2.75) is 52.2 Å². The van der Waals surface area contributed by atoms with E-state index in [2.05, 4.69) is 0 Å². The third kappa shape index (κ3) is 2.94. The average Bonchev–Trinajstić information content (AvgIpc) is 2.43. The van der Waals surface area contributed by atoms with Gasteiger partial charge in [0.2, 0.25) is 5.91 Å². The molecule has 1 aliphatic rings. The number of carbonyl (C=O) groups is 2. The molecule has 4 nitrogen and oxygen atoms in total. The third-order valence-corrected chi connectivity index (χ3v) is 2.35. The molecule has 0 radical (unpaired) electrons. The van der Waals surface area contributed by atoms with Crippen molar-refractivity contribution in [3.63, 3.8) is 0 Å². The van der Waals surface area contributed by atoms with Gasteiger partial charge in [0, 0.05) is 13.0 Å². The monoisotopic (exact) mass is 213 g/mol. The molecule has 0 aromatic heterocycles. The first kappa shape index (κ1) is 12.0. The summed E-state index contributed by atoms with van der Waals surface area (Å²) in [5, 5.41) is 0. The number of likely N-dealkylation sites (N-methyl/N-ethyl adjacent to an activating group) is 1. The minimum absolute atomic E-state index is 0.0494. The SMILES string of the molecule is CCN1C(=O)CC[C@H]1C(=O)OC(C)(C)C. The molecule has 0 aromatic carbocycles. The van der Waals surface area contributed by atoms with Crippen LogP contribution < -0.4 is 0 Å². The molecule has 0 spiro atoms. The highest BCUT2D eigenvalue weighted by Gasteiger charge is 2.37. The summed E-state index contributed by atoms with van der Waals surface area (Å²) in [5.41, 5.74) is -0.484. The number of hydrogen-bond acceptors (Lipinski definition) is 3. The maximum absolute atomic E-state index is 11.8. The Balaban J connectivity index is 2.64. The number of likely N-dealkylation sites (tertiary alicyclic amines) is 1. The predicted molar refractivity (Wildman–Crippen MR) is 56.3 cm³/mol. The molecule has 15 heavy (non-hydrogen) atoms. The molecule has 1 amide bonds. The number of amides is 1. The molecule has 0 unspecified atom stereocenters. The second kappa shape index (κ2) is 4.21. The Kier molecular flexibility index (Phi) is 3.37. The van der Waals surface area contributed by atoms with E-state index in [1.165, 1.54) is 0 Å². The van der Waals surface area contributed by atoms with Crippen LogP contribution in [0.3, 0.4) is 0 Å². The van der Waals surface area contributed by atoms with Crippen LogP contribution in [0.1, 0.15) is 40.5 Å². The Bertz CT molecular complexity index is 267. The van der Waals surface area contributed by atoms with E-state index < -0.39 is 5.60 Å². The Morgan fingerprint density at radius 2 is 2.13 bits per heavy atom.